The number of Topliss-reactive ketones (excluding diaryl/α,β-unsaturated/α-hetero) is 2. The molecule has 31 heavy (non-hydrogen) atoms. The van der Waals surface area contributed by atoms with Gasteiger partial charge in [0.1, 0.15) is 5.60 Å². The number of ketones is 3. The van der Waals surface area contributed by atoms with Gasteiger partial charge in [-0.05, 0) is 49.2 Å². The number of aliphatic hydroxyl groups is 1. The minimum absolute atomic E-state index is 0.0384. The maximum Gasteiger partial charge on any atom is 0.303 e. The molecule has 6 nitrogen and oxygen atoms in total. The van der Waals surface area contributed by atoms with Crippen LogP contribution in [0.3, 0.4) is 0 Å². The Morgan fingerprint density at radius 2 is 1.94 bits per heavy atom. The van der Waals surface area contributed by atoms with E-state index in [0.717, 1.165) is 5.57 Å². The molecule has 0 spiro atoms. The molecule has 3 fully saturated rings. The number of allylic oxidation sites excluding steroid dienone is 4. The van der Waals surface area contributed by atoms with E-state index in [4.69, 9.17) is 4.74 Å². The van der Waals surface area contributed by atoms with E-state index in [-0.39, 0.29) is 35.7 Å². The molecule has 4 rings (SSSR count). The molecule has 0 bridgehead atoms. The fourth-order valence-electron chi connectivity index (χ4n) is 7.15. The van der Waals surface area contributed by atoms with Crippen molar-refractivity contribution < 1.29 is 29.0 Å². The molecule has 4 aliphatic carbocycles. The average molecular weight is 493 g/mol. The summed E-state index contributed by atoms with van der Waals surface area (Å²) in [7, 11) is 0. The normalized spacial score (nSPS) is 46.0. The zero-order valence-electron chi connectivity index (χ0n) is 18.4. The Labute approximate surface area is 190 Å². The number of carbonyl (C=O) groups excluding carboxylic acids is 4. The predicted octanol–water partition coefficient (Wildman–Crippen LogP) is 3.10. The van der Waals surface area contributed by atoms with Crippen molar-refractivity contribution in [1.82, 2.24) is 0 Å². The summed E-state index contributed by atoms with van der Waals surface area (Å²) >= 11 is 3.87. The second-order valence-electron chi connectivity index (χ2n) is 10.2. The number of carbonyl (C=O) groups is 4. The van der Waals surface area contributed by atoms with Crippen molar-refractivity contribution in [2.75, 3.05) is 6.61 Å². The summed E-state index contributed by atoms with van der Waals surface area (Å²) in [5, 5.41) is 11.7. The van der Waals surface area contributed by atoms with Gasteiger partial charge in [0.05, 0.1) is 4.32 Å². The second-order valence-corrected chi connectivity index (χ2v) is 11.4. The third-order valence-electron chi connectivity index (χ3n) is 8.82. The van der Waals surface area contributed by atoms with Crippen molar-refractivity contribution in [3.63, 3.8) is 0 Å². The first-order valence-electron chi connectivity index (χ1n) is 10.9. The molecule has 1 N–H and O–H groups in total. The van der Waals surface area contributed by atoms with Gasteiger partial charge in [0.2, 0.25) is 5.78 Å². The topological polar surface area (TPSA) is 97.7 Å². The highest BCUT2D eigenvalue weighted by molar-refractivity contribution is 9.10. The van der Waals surface area contributed by atoms with Crippen LogP contribution in [0.5, 0.6) is 0 Å². The Hall–Kier alpha value is -1.60. The number of hydrogen-bond donors (Lipinski definition) is 1. The predicted molar refractivity (Wildman–Crippen MR) is 116 cm³/mol. The number of ether oxygens (including phenoxy) is 1. The van der Waals surface area contributed by atoms with Crippen molar-refractivity contribution in [2.45, 2.75) is 63.3 Å². The van der Waals surface area contributed by atoms with Crippen LogP contribution in [-0.2, 0) is 23.9 Å². The molecule has 4 aliphatic rings. The van der Waals surface area contributed by atoms with Crippen LogP contribution in [0, 0.1) is 28.6 Å². The smallest absolute Gasteiger partial charge is 0.303 e. The van der Waals surface area contributed by atoms with Crippen LogP contribution >= 0.6 is 15.9 Å². The Balaban J connectivity index is 1.77. The van der Waals surface area contributed by atoms with Gasteiger partial charge in [-0.3, -0.25) is 19.2 Å². The molecule has 0 aromatic heterocycles. The molecular weight excluding hydrogens is 464 g/mol. The summed E-state index contributed by atoms with van der Waals surface area (Å²) in [5.41, 5.74) is -2.37. The summed E-state index contributed by atoms with van der Waals surface area (Å²) in [6, 6.07) is 0. The zero-order valence-corrected chi connectivity index (χ0v) is 20.0. The van der Waals surface area contributed by atoms with Gasteiger partial charge >= 0.3 is 5.97 Å². The maximum atomic E-state index is 13.8. The first kappa shape index (κ1) is 22.6. The van der Waals surface area contributed by atoms with Crippen LogP contribution in [0.4, 0.5) is 0 Å². The van der Waals surface area contributed by atoms with Crippen LogP contribution in [0.2, 0.25) is 0 Å². The van der Waals surface area contributed by atoms with Gasteiger partial charge in [0, 0.05) is 24.2 Å². The molecule has 0 aromatic rings. The van der Waals surface area contributed by atoms with Crippen molar-refractivity contribution in [1.29, 1.82) is 0 Å². The molecule has 0 saturated heterocycles. The van der Waals surface area contributed by atoms with Crippen LogP contribution in [0.1, 0.15) is 53.4 Å². The Bertz CT molecular complexity index is 952. The molecule has 7 atom stereocenters. The van der Waals surface area contributed by atoms with Crippen LogP contribution in [0.25, 0.3) is 0 Å². The van der Waals surface area contributed by atoms with E-state index >= 15 is 0 Å². The first-order valence-corrected chi connectivity index (χ1v) is 11.7. The van der Waals surface area contributed by atoms with E-state index < -0.39 is 39.1 Å². The minimum atomic E-state index is -1.74. The fraction of sp³-hybridized carbons (Fsp3) is 0.667. The van der Waals surface area contributed by atoms with Gasteiger partial charge in [-0.25, -0.2) is 0 Å². The monoisotopic (exact) mass is 492 g/mol. The highest BCUT2D eigenvalue weighted by Gasteiger charge is 2.74. The highest BCUT2D eigenvalue weighted by Crippen LogP contribution is 2.70. The number of hydrogen-bond acceptors (Lipinski definition) is 6. The Kier molecular flexibility index (Phi) is 5.06. The maximum absolute atomic E-state index is 13.8. The Morgan fingerprint density at radius 3 is 2.58 bits per heavy atom. The third-order valence-corrected chi connectivity index (χ3v) is 10.7. The van der Waals surface area contributed by atoms with E-state index in [1.807, 2.05) is 26.8 Å². The quantitative estimate of drug-likeness (QED) is 0.480. The van der Waals surface area contributed by atoms with E-state index in [9.17, 15) is 24.3 Å². The lowest BCUT2D eigenvalue weighted by Gasteiger charge is -2.61. The number of fused-ring (bicyclic) bond motifs is 5. The van der Waals surface area contributed by atoms with Crippen LogP contribution in [0.15, 0.2) is 23.8 Å². The molecular formula is C24H29BrO6. The van der Waals surface area contributed by atoms with Gasteiger partial charge in [-0.2, -0.15) is 0 Å². The molecule has 7 heteroatoms. The summed E-state index contributed by atoms with van der Waals surface area (Å²) in [4.78, 5) is 50.1. The van der Waals surface area contributed by atoms with Crippen molar-refractivity contribution >= 4 is 39.2 Å². The van der Waals surface area contributed by atoms with E-state index in [1.165, 1.54) is 13.0 Å². The SMILES string of the molecule is CC(=O)OCC(=O)[C@@]1(O)[C@@H](C)C[C@H]2[C@@H]3CCC4=CC(=O)C=C[C@]4(C)[C@@]3(Br)C(=O)C[C@@]21C. The lowest BCUT2D eigenvalue weighted by molar-refractivity contribution is -0.174. The number of rotatable bonds is 3. The molecule has 0 amide bonds. The number of alkyl halides is 1. The van der Waals surface area contributed by atoms with Gasteiger partial charge in [0.15, 0.2) is 18.2 Å². The first-order chi connectivity index (χ1) is 14.3. The average Bonchev–Trinajstić information content (AvgIpc) is 2.89. The van der Waals surface area contributed by atoms with Crippen LogP contribution in [-0.4, -0.2) is 45.0 Å². The molecule has 168 valence electrons. The van der Waals surface area contributed by atoms with Gasteiger partial charge in [-0.1, -0.05) is 48.4 Å². The minimum Gasteiger partial charge on any atom is -0.458 e. The van der Waals surface area contributed by atoms with Crippen molar-refractivity contribution in [3.05, 3.63) is 23.8 Å². The number of halogens is 1. The van der Waals surface area contributed by atoms with Crippen molar-refractivity contribution in [3.8, 4) is 0 Å². The van der Waals surface area contributed by atoms with E-state index in [0.29, 0.717) is 19.3 Å². The molecule has 0 radical (unpaired) electrons. The van der Waals surface area contributed by atoms with Gasteiger partial charge in [0.25, 0.3) is 0 Å². The lowest BCUT2D eigenvalue weighted by Crippen LogP contribution is -2.67. The zero-order chi connectivity index (χ0) is 23.0. The summed E-state index contributed by atoms with van der Waals surface area (Å²) < 4.78 is 4.02. The fourth-order valence-corrected chi connectivity index (χ4v) is 8.22. The van der Waals surface area contributed by atoms with Gasteiger partial charge < -0.3 is 9.84 Å². The third kappa shape index (κ3) is 2.71. The summed E-state index contributed by atoms with van der Waals surface area (Å²) in [5.74, 6) is -1.79. The van der Waals surface area contributed by atoms with Crippen molar-refractivity contribution in [2.24, 2.45) is 28.6 Å². The summed E-state index contributed by atoms with van der Waals surface area (Å²) in [6.45, 7) is 6.40. The van der Waals surface area contributed by atoms with E-state index in [2.05, 4.69) is 15.9 Å². The Morgan fingerprint density at radius 1 is 1.26 bits per heavy atom. The largest absolute Gasteiger partial charge is 0.458 e. The summed E-state index contributed by atoms with van der Waals surface area (Å²) in [6.07, 6.45) is 7.06. The number of esters is 1. The molecule has 0 heterocycles. The molecule has 0 aliphatic heterocycles. The molecule has 3 saturated carbocycles. The van der Waals surface area contributed by atoms with Gasteiger partial charge in [-0.15, -0.1) is 0 Å². The highest BCUT2D eigenvalue weighted by atomic mass is 79.9. The van der Waals surface area contributed by atoms with E-state index in [1.54, 1.807) is 6.08 Å². The molecule has 0 unspecified atom stereocenters. The van der Waals surface area contributed by atoms with Crippen LogP contribution < -0.4 is 0 Å². The lowest BCUT2D eigenvalue weighted by atomic mass is 9.46. The second kappa shape index (κ2) is 6.95. The molecule has 0 aromatic carbocycles. The standard InChI is InChI=1S/C24H29BrO6/c1-13-9-18-17-6-5-15-10-16(27)7-8-21(15,3)23(17,25)19(28)11-22(18,4)24(13,30)20(29)12-31-14(2)26/h7-8,10,13,17-18,30H,5-6,9,11-12H2,1-4H3/t13-,17-,18-,21-,22-,23-,24-/m0/s1.